The predicted molar refractivity (Wildman–Crippen MR) is 56.2 cm³/mol. The second-order valence-electron chi connectivity index (χ2n) is 4.09. The van der Waals surface area contributed by atoms with E-state index in [0.29, 0.717) is 13.2 Å². The van der Waals surface area contributed by atoms with Gasteiger partial charge in [0.2, 0.25) is 0 Å². The van der Waals surface area contributed by atoms with Gasteiger partial charge in [-0.25, -0.2) is 8.42 Å². The van der Waals surface area contributed by atoms with Crippen LogP contribution in [0, 0.1) is 5.92 Å². The largest absolute Gasteiger partial charge is 0.379 e. The SMILES string of the molecule is O=S1(=O)C=CC(OCCOCC2CC2)C1. The average molecular weight is 232 g/mol. The van der Waals surface area contributed by atoms with E-state index >= 15 is 0 Å². The highest BCUT2D eigenvalue weighted by atomic mass is 32.2. The lowest BCUT2D eigenvalue weighted by Gasteiger charge is -2.09. The van der Waals surface area contributed by atoms with Gasteiger partial charge in [-0.15, -0.1) is 0 Å². The second kappa shape index (κ2) is 4.63. The van der Waals surface area contributed by atoms with E-state index in [-0.39, 0.29) is 11.9 Å². The van der Waals surface area contributed by atoms with E-state index in [2.05, 4.69) is 0 Å². The normalized spacial score (nSPS) is 28.4. The Balaban J connectivity index is 1.53. The highest BCUT2D eigenvalue weighted by Gasteiger charge is 2.22. The second-order valence-corrected chi connectivity index (χ2v) is 6.02. The summed E-state index contributed by atoms with van der Waals surface area (Å²) < 4.78 is 32.8. The number of sulfone groups is 1. The molecular formula is C10H16O4S. The summed E-state index contributed by atoms with van der Waals surface area (Å²) in [4.78, 5) is 0. The molecule has 1 atom stereocenters. The van der Waals surface area contributed by atoms with Gasteiger partial charge in [-0.1, -0.05) is 0 Å². The minimum Gasteiger partial charge on any atom is -0.379 e. The third kappa shape index (κ3) is 3.93. The molecule has 2 aliphatic rings. The first-order chi connectivity index (χ1) is 7.16. The quantitative estimate of drug-likeness (QED) is 0.634. The van der Waals surface area contributed by atoms with Crippen LogP contribution in [0.1, 0.15) is 12.8 Å². The molecule has 1 saturated carbocycles. The van der Waals surface area contributed by atoms with Crippen LogP contribution in [0.5, 0.6) is 0 Å². The van der Waals surface area contributed by atoms with Gasteiger partial charge < -0.3 is 9.47 Å². The maximum Gasteiger partial charge on any atom is 0.174 e. The van der Waals surface area contributed by atoms with E-state index in [9.17, 15) is 8.42 Å². The van der Waals surface area contributed by atoms with Crippen LogP contribution >= 0.6 is 0 Å². The van der Waals surface area contributed by atoms with E-state index in [4.69, 9.17) is 9.47 Å². The van der Waals surface area contributed by atoms with Gasteiger partial charge in [-0.3, -0.25) is 0 Å². The Morgan fingerprint density at radius 2 is 2.07 bits per heavy atom. The molecule has 0 radical (unpaired) electrons. The lowest BCUT2D eigenvalue weighted by atomic mass is 10.4. The van der Waals surface area contributed by atoms with Crippen molar-refractivity contribution in [2.75, 3.05) is 25.6 Å². The zero-order valence-electron chi connectivity index (χ0n) is 8.59. The molecule has 0 saturated heterocycles. The monoisotopic (exact) mass is 232 g/mol. The molecule has 4 nitrogen and oxygen atoms in total. The van der Waals surface area contributed by atoms with Crippen molar-refractivity contribution in [1.82, 2.24) is 0 Å². The first-order valence-corrected chi connectivity index (χ1v) is 6.97. The molecule has 0 amide bonds. The number of rotatable bonds is 6. The molecular weight excluding hydrogens is 216 g/mol. The third-order valence-corrected chi connectivity index (χ3v) is 3.87. The number of hydrogen-bond acceptors (Lipinski definition) is 4. The fourth-order valence-electron chi connectivity index (χ4n) is 1.44. The van der Waals surface area contributed by atoms with Gasteiger partial charge in [0.1, 0.15) is 0 Å². The van der Waals surface area contributed by atoms with Gasteiger partial charge in [0.05, 0.1) is 25.1 Å². The summed E-state index contributed by atoms with van der Waals surface area (Å²) in [5.74, 6) is 0.840. The molecule has 1 aliphatic carbocycles. The van der Waals surface area contributed by atoms with Gasteiger partial charge in [0, 0.05) is 12.0 Å². The van der Waals surface area contributed by atoms with Crippen LogP contribution in [0.3, 0.4) is 0 Å². The topological polar surface area (TPSA) is 52.6 Å². The Labute approximate surface area is 90.2 Å². The molecule has 0 N–H and O–H groups in total. The molecule has 1 fully saturated rings. The number of hydrogen-bond donors (Lipinski definition) is 0. The molecule has 0 spiro atoms. The first-order valence-electron chi connectivity index (χ1n) is 5.26. The average Bonchev–Trinajstić information content (AvgIpc) is 2.91. The van der Waals surface area contributed by atoms with Crippen molar-refractivity contribution in [2.45, 2.75) is 18.9 Å². The lowest BCUT2D eigenvalue weighted by molar-refractivity contribution is 0.0282. The van der Waals surface area contributed by atoms with Crippen LogP contribution in [0.4, 0.5) is 0 Å². The Hall–Kier alpha value is -0.390. The Morgan fingerprint density at radius 1 is 1.27 bits per heavy atom. The molecule has 0 bridgehead atoms. The van der Waals surface area contributed by atoms with Gasteiger partial charge in [0.15, 0.2) is 9.84 Å². The van der Waals surface area contributed by atoms with Crippen LogP contribution in [-0.2, 0) is 19.3 Å². The van der Waals surface area contributed by atoms with E-state index in [0.717, 1.165) is 12.5 Å². The fourth-order valence-corrected chi connectivity index (χ4v) is 2.64. The highest BCUT2D eigenvalue weighted by molar-refractivity contribution is 7.94. The minimum absolute atomic E-state index is 0.0790. The number of ether oxygens (including phenoxy) is 2. The Kier molecular flexibility index (Phi) is 3.43. The summed E-state index contributed by atoms with van der Waals surface area (Å²) in [6.07, 6.45) is 3.88. The summed E-state index contributed by atoms with van der Waals surface area (Å²) in [7, 11) is -2.99. The molecule has 5 heteroatoms. The van der Waals surface area contributed by atoms with Gasteiger partial charge in [0.25, 0.3) is 0 Å². The molecule has 0 aromatic carbocycles. The van der Waals surface area contributed by atoms with Crippen molar-refractivity contribution in [2.24, 2.45) is 5.92 Å². The molecule has 0 aromatic rings. The maximum atomic E-state index is 11.0. The van der Waals surface area contributed by atoms with Crippen molar-refractivity contribution < 1.29 is 17.9 Å². The minimum atomic E-state index is -2.99. The van der Waals surface area contributed by atoms with E-state index < -0.39 is 9.84 Å². The van der Waals surface area contributed by atoms with Crippen molar-refractivity contribution in [1.29, 1.82) is 0 Å². The van der Waals surface area contributed by atoms with E-state index in [1.165, 1.54) is 18.2 Å². The van der Waals surface area contributed by atoms with E-state index in [1.54, 1.807) is 6.08 Å². The van der Waals surface area contributed by atoms with Crippen LogP contribution in [-0.4, -0.2) is 40.1 Å². The van der Waals surface area contributed by atoms with Gasteiger partial charge in [-0.2, -0.15) is 0 Å². The summed E-state index contributed by atoms with van der Waals surface area (Å²) >= 11 is 0. The predicted octanol–water partition coefficient (Wildman–Crippen LogP) is 0.740. The molecule has 1 heterocycles. The Morgan fingerprint density at radius 3 is 2.67 bits per heavy atom. The van der Waals surface area contributed by atoms with Gasteiger partial charge >= 0.3 is 0 Å². The Bertz CT molecular complexity index is 329. The smallest absolute Gasteiger partial charge is 0.174 e. The fraction of sp³-hybridized carbons (Fsp3) is 0.800. The molecule has 2 rings (SSSR count). The molecule has 0 aromatic heterocycles. The lowest BCUT2D eigenvalue weighted by Crippen LogP contribution is -2.18. The summed E-state index contributed by atoms with van der Waals surface area (Å²) in [5.41, 5.74) is 0. The van der Waals surface area contributed by atoms with Crippen LogP contribution in [0.15, 0.2) is 11.5 Å². The maximum absolute atomic E-state index is 11.0. The van der Waals surface area contributed by atoms with Crippen LogP contribution in [0.25, 0.3) is 0 Å². The molecule has 15 heavy (non-hydrogen) atoms. The summed E-state index contributed by atoms with van der Waals surface area (Å²) in [5, 5.41) is 1.22. The van der Waals surface area contributed by atoms with Gasteiger partial charge in [-0.05, 0) is 24.8 Å². The van der Waals surface area contributed by atoms with Crippen molar-refractivity contribution in [3.63, 3.8) is 0 Å². The molecule has 1 unspecified atom stereocenters. The molecule has 86 valence electrons. The summed E-state index contributed by atoms with van der Waals surface area (Å²) in [6, 6.07) is 0. The highest BCUT2D eigenvalue weighted by Crippen LogP contribution is 2.28. The standard InChI is InChI=1S/C10H16O4S/c11-15(12)6-3-10(8-15)14-5-4-13-7-9-1-2-9/h3,6,9-10H,1-2,4-5,7-8H2. The zero-order chi connectivity index (χ0) is 10.7. The third-order valence-electron chi connectivity index (χ3n) is 2.51. The molecule has 1 aliphatic heterocycles. The first kappa shape index (κ1) is 11.1. The zero-order valence-corrected chi connectivity index (χ0v) is 9.41. The summed E-state index contributed by atoms with van der Waals surface area (Å²) in [6.45, 7) is 1.85. The van der Waals surface area contributed by atoms with Crippen molar-refractivity contribution in [3.05, 3.63) is 11.5 Å². The van der Waals surface area contributed by atoms with Crippen molar-refractivity contribution in [3.8, 4) is 0 Å². The van der Waals surface area contributed by atoms with Crippen molar-refractivity contribution >= 4 is 9.84 Å². The van der Waals surface area contributed by atoms with Crippen LogP contribution in [0.2, 0.25) is 0 Å². The van der Waals surface area contributed by atoms with E-state index in [1.807, 2.05) is 0 Å². The van der Waals surface area contributed by atoms with Crippen LogP contribution < -0.4 is 0 Å².